The number of carbonyl (C=O) groups is 6. The lowest BCUT2D eigenvalue weighted by Crippen LogP contribution is -2.60. The lowest BCUT2D eigenvalue weighted by Gasteiger charge is -2.32. The molecular formula is C27H48N6O7. The van der Waals surface area contributed by atoms with Crippen LogP contribution in [0.15, 0.2) is 0 Å². The average molecular weight is 569 g/mol. The second-order valence-corrected chi connectivity index (χ2v) is 11.4. The van der Waals surface area contributed by atoms with Crippen LogP contribution in [-0.2, 0) is 28.8 Å². The molecule has 40 heavy (non-hydrogen) atoms. The number of hydrogen-bond donors (Lipinski definition) is 6. The number of aliphatic carboxylic acids is 1. The SMILES string of the molecule is CC[C@H](C)[C@H](NC(=O)[C@@H](N)C(C)C)C(=O)N[C@@H](CC(C)C)C(=O)N1CCC[C@H]1C(=O)N[C@@H](C)C(=O)NCC(=O)O. The maximum Gasteiger partial charge on any atom is 0.322 e. The third-order valence-corrected chi connectivity index (χ3v) is 7.14. The summed E-state index contributed by atoms with van der Waals surface area (Å²) in [4.78, 5) is 77.0. The Hall–Kier alpha value is -3.22. The van der Waals surface area contributed by atoms with E-state index in [-0.39, 0.29) is 17.8 Å². The van der Waals surface area contributed by atoms with Crippen LogP contribution in [0, 0.1) is 17.8 Å². The van der Waals surface area contributed by atoms with Gasteiger partial charge in [-0.3, -0.25) is 28.8 Å². The van der Waals surface area contributed by atoms with E-state index in [0.29, 0.717) is 32.2 Å². The van der Waals surface area contributed by atoms with Crippen molar-refractivity contribution in [2.75, 3.05) is 13.1 Å². The third-order valence-electron chi connectivity index (χ3n) is 7.14. The van der Waals surface area contributed by atoms with Crippen LogP contribution < -0.4 is 27.0 Å². The number of hydrogen-bond acceptors (Lipinski definition) is 7. The van der Waals surface area contributed by atoms with Gasteiger partial charge in [-0.15, -0.1) is 0 Å². The Morgan fingerprint density at radius 3 is 2.08 bits per heavy atom. The minimum Gasteiger partial charge on any atom is -0.480 e. The zero-order valence-corrected chi connectivity index (χ0v) is 24.8. The minimum absolute atomic E-state index is 0.0353. The molecule has 1 aliphatic rings. The van der Waals surface area contributed by atoms with Gasteiger partial charge in [0, 0.05) is 6.54 Å². The lowest BCUT2D eigenvalue weighted by atomic mass is 9.95. The highest BCUT2D eigenvalue weighted by atomic mass is 16.4. The van der Waals surface area contributed by atoms with Crippen molar-refractivity contribution in [3.05, 3.63) is 0 Å². The van der Waals surface area contributed by atoms with Gasteiger partial charge in [-0.1, -0.05) is 48.0 Å². The summed E-state index contributed by atoms with van der Waals surface area (Å²) >= 11 is 0. The van der Waals surface area contributed by atoms with Crippen molar-refractivity contribution in [1.29, 1.82) is 0 Å². The first-order valence-electron chi connectivity index (χ1n) is 14.1. The molecule has 1 fully saturated rings. The van der Waals surface area contributed by atoms with E-state index < -0.39 is 72.3 Å². The molecule has 13 heteroatoms. The van der Waals surface area contributed by atoms with Crippen molar-refractivity contribution in [1.82, 2.24) is 26.2 Å². The quantitative estimate of drug-likeness (QED) is 0.155. The maximum absolute atomic E-state index is 13.7. The van der Waals surface area contributed by atoms with E-state index in [9.17, 15) is 28.8 Å². The number of carboxylic acids is 1. The fraction of sp³-hybridized carbons (Fsp3) is 0.778. The first-order chi connectivity index (χ1) is 18.6. The monoisotopic (exact) mass is 568 g/mol. The van der Waals surface area contributed by atoms with Crippen molar-refractivity contribution in [3.8, 4) is 0 Å². The first kappa shape index (κ1) is 34.8. The number of likely N-dealkylation sites (tertiary alicyclic amines) is 1. The second kappa shape index (κ2) is 16.1. The van der Waals surface area contributed by atoms with Crippen LogP contribution in [0.1, 0.15) is 74.1 Å². The zero-order valence-electron chi connectivity index (χ0n) is 24.8. The highest BCUT2D eigenvalue weighted by molar-refractivity contribution is 5.96. The van der Waals surface area contributed by atoms with Crippen LogP contribution in [0.3, 0.4) is 0 Å². The number of rotatable bonds is 15. The summed E-state index contributed by atoms with van der Waals surface area (Å²) in [5.74, 6) is -4.09. The van der Waals surface area contributed by atoms with Crippen LogP contribution in [0.25, 0.3) is 0 Å². The number of carboxylic acid groups (broad SMARTS) is 1. The van der Waals surface area contributed by atoms with Crippen molar-refractivity contribution >= 4 is 35.5 Å². The summed E-state index contributed by atoms with van der Waals surface area (Å²) in [5.41, 5.74) is 5.98. The number of amides is 5. The molecule has 1 heterocycles. The maximum atomic E-state index is 13.7. The molecule has 7 N–H and O–H groups in total. The van der Waals surface area contributed by atoms with Gasteiger partial charge in [0.2, 0.25) is 29.5 Å². The topological polar surface area (TPSA) is 200 Å². The molecule has 1 saturated heterocycles. The van der Waals surface area contributed by atoms with Crippen LogP contribution >= 0.6 is 0 Å². The minimum atomic E-state index is -1.21. The Balaban J connectivity index is 3.05. The molecule has 0 aliphatic carbocycles. The van der Waals surface area contributed by atoms with Gasteiger partial charge in [-0.25, -0.2) is 0 Å². The number of nitrogens with one attached hydrogen (secondary N) is 4. The molecule has 6 atom stereocenters. The number of carbonyl (C=O) groups excluding carboxylic acids is 5. The van der Waals surface area contributed by atoms with E-state index in [4.69, 9.17) is 10.8 Å². The summed E-state index contributed by atoms with van der Waals surface area (Å²) < 4.78 is 0. The van der Waals surface area contributed by atoms with Crippen molar-refractivity contribution < 1.29 is 33.9 Å². The Morgan fingerprint density at radius 2 is 1.55 bits per heavy atom. The molecule has 5 amide bonds. The molecular weight excluding hydrogens is 520 g/mol. The molecule has 1 aliphatic heterocycles. The van der Waals surface area contributed by atoms with Gasteiger partial charge in [-0.2, -0.15) is 0 Å². The van der Waals surface area contributed by atoms with Gasteiger partial charge in [0.15, 0.2) is 0 Å². The van der Waals surface area contributed by atoms with E-state index in [2.05, 4.69) is 21.3 Å². The lowest BCUT2D eigenvalue weighted by molar-refractivity contribution is -0.143. The molecule has 0 aromatic rings. The molecule has 0 aromatic heterocycles. The Labute approximate surface area is 236 Å². The van der Waals surface area contributed by atoms with Gasteiger partial charge in [0.25, 0.3) is 0 Å². The summed E-state index contributed by atoms with van der Waals surface area (Å²) in [6.07, 6.45) is 1.85. The Morgan fingerprint density at radius 1 is 0.925 bits per heavy atom. The molecule has 1 rings (SSSR count). The van der Waals surface area contributed by atoms with E-state index in [0.717, 1.165) is 0 Å². The van der Waals surface area contributed by atoms with E-state index in [1.165, 1.54) is 11.8 Å². The molecule has 228 valence electrons. The predicted molar refractivity (Wildman–Crippen MR) is 149 cm³/mol. The van der Waals surface area contributed by atoms with Crippen molar-refractivity contribution in [2.45, 2.75) is 104 Å². The Kier molecular flexibility index (Phi) is 14.0. The molecule has 0 unspecified atom stereocenters. The van der Waals surface area contributed by atoms with Crippen molar-refractivity contribution in [2.24, 2.45) is 23.5 Å². The normalized spacial score (nSPS) is 18.9. The van der Waals surface area contributed by atoms with E-state index >= 15 is 0 Å². The fourth-order valence-corrected chi connectivity index (χ4v) is 4.40. The predicted octanol–water partition coefficient (Wildman–Crippen LogP) is -0.272. The highest BCUT2D eigenvalue weighted by Crippen LogP contribution is 2.21. The zero-order chi connectivity index (χ0) is 30.7. The smallest absolute Gasteiger partial charge is 0.322 e. The van der Waals surface area contributed by atoms with Gasteiger partial charge in [-0.05, 0) is 43.9 Å². The Bertz CT molecular complexity index is 925. The molecule has 0 saturated carbocycles. The summed E-state index contributed by atoms with van der Waals surface area (Å²) in [6.45, 7) is 12.3. The number of nitrogens with zero attached hydrogens (tertiary/aromatic N) is 1. The van der Waals surface area contributed by atoms with E-state index in [1.807, 2.05) is 41.5 Å². The largest absolute Gasteiger partial charge is 0.480 e. The second-order valence-electron chi connectivity index (χ2n) is 11.4. The van der Waals surface area contributed by atoms with E-state index in [1.54, 1.807) is 0 Å². The first-order valence-corrected chi connectivity index (χ1v) is 14.1. The fourth-order valence-electron chi connectivity index (χ4n) is 4.40. The van der Waals surface area contributed by atoms with Gasteiger partial charge >= 0.3 is 5.97 Å². The van der Waals surface area contributed by atoms with Crippen LogP contribution in [0.5, 0.6) is 0 Å². The van der Waals surface area contributed by atoms with Crippen LogP contribution in [0.4, 0.5) is 0 Å². The van der Waals surface area contributed by atoms with Gasteiger partial charge in [0.05, 0.1) is 6.04 Å². The number of nitrogens with two attached hydrogens (primary N) is 1. The summed E-state index contributed by atoms with van der Waals surface area (Å²) in [6, 6.07) is -4.47. The summed E-state index contributed by atoms with van der Waals surface area (Å²) in [7, 11) is 0. The highest BCUT2D eigenvalue weighted by Gasteiger charge is 2.39. The molecule has 13 nitrogen and oxygen atoms in total. The van der Waals surface area contributed by atoms with Gasteiger partial charge in [0.1, 0.15) is 30.7 Å². The van der Waals surface area contributed by atoms with Crippen LogP contribution in [0.2, 0.25) is 0 Å². The third kappa shape index (κ3) is 10.4. The van der Waals surface area contributed by atoms with Gasteiger partial charge < -0.3 is 37.0 Å². The standard InChI is InChI=1S/C27H48N6O7/c1-8-16(6)22(32-25(38)21(28)15(4)5)26(39)31-18(12-14(2)3)27(40)33-11-9-10-19(33)24(37)30-17(7)23(36)29-13-20(34)35/h14-19,21-22H,8-13,28H2,1-7H3,(H,29,36)(H,30,37)(H,31,39)(H,32,38)(H,34,35)/t16-,17-,18-,19-,21-,22-/m0/s1. The molecule has 0 spiro atoms. The molecule has 0 radical (unpaired) electrons. The molecule has 0 aromatic carbocycles. The van der Waals surface area contributed by atoms with Crippen LogP contribution in [-0.4, -0.2) is 88.8 Å². The average Bonchev–Trinajstić information content (AvgIpc) is 3.38. The summed E-state index contributed by atoms with van der Waals surface area (Å²) in [5, 5.41) is 19.1. The van der Waals surface area contributed by atoms with Crippen molar-refractivity contribution in [3.63, 3.8) is 0 Å². The molecule has 0 bridgehead atoms.